The Morgan fingerprint density at radius 1 is 1.27 bits per heavy atom. The maximum Gasteiger partial charge on any atom is 0.125 e. The van der Waals surface area contributed by atoms with Crippen molar-refractivity contribution < 1.29 is 4.74 Å². The first kappa shape index (κ1) is 13.7. The Bertz CT molecular complexity index is 700. The van der Waals surface area contributed by atoms with E-state index in [9.17, 15) is 0 Å². The smallest absolute Gasteiger partial charge is 0.125 e. The number of aromatic nitrogens is 2. The zero-order valence-corrected chi connectivity index (χ0v) is 13.1. The maximum atomic E-state index is 5.51. The van der Waals surface area contributed by atoms with Crippen molar-refractivity contribution in [3.8, 4) is 5.75 Å². The monoisotopic (exact) mass is 295 g/mol. The first-order chi connectivity index (χ1) is 10.8. The predicted molar refractivity (Wildman–Crippen MR) is 84.8 cm³/mol. The summed E-state index contributed by atoms with van der Waals surface area (Å²) in [6.45, 7) is 2.91. The summed E-state index contributed by atoms with van der Waals surface area (Å²) in [5, 5.41) is 0. The maximum absolute atomic E-state index is 5.51. The number of para-hydroxylation sites is 1. The van der Waals surface area contributed by atoms with Gasteiger partial charge in [-0.1, -0.05) is 18.2 Å². The van der Waals surface area contributed by atoms with Crippen molar-refractivity contribution in [1.29, 1.82) is 0 Å². The zero-order valence-electron chi connectivity index (χ0n) is 13.1. The topological polar surface area (TPSA) is 38.2 Å². The van der Waals surface area contributed by atoms with Crippen LogP contribution in [0.2, 0.25) is 0 Å². The number of rotatable bonds is 3. The third-order valence-electron chi connectivity index (χ3n) is 5.00. The summed E-state index contributed by atoms with van der Waals surface area (Å²) in [6.07, 6.45) is 5.54. The molecule has 114 valence electrons. The molecule has 1 aromatic heterocycles. The molecule has 2 aliphatic heterocycles. The molecule has 1 fully saturated rings. The van der Waals surface area contributed by atoms with Crippen LogP contribution in [0.5, 0.6) is 5.75 Å². The molecule has 2 aromatic rings. The van der Waals surface area contributed by atoms with Crippen molar-refractivity contribution in [2.24, 2.45) is 0 Å². The third kappa shape index (κ3) is 2.18. The van der Waals surface area contributed by atoms with Crippen molar-refractivity contribution in [3.05, 3.63) is 53.1 Å². The predicted octanol–water partition coefficient (Wildman–Crippen LogP) is 3.06. The second-order valence-corrected chi connectivity index (χ2v) is 6.25. The fourth-order valence-corrected chi connectivity index (χ4v) is 3.95. The minimum atomic E-state index is 0.458. The van der Waals surface area contributed by atoms with Crippen LogP contribution in [0, 0.1) is 6.92 Å². The highest BCUT2D eigenvalue weighted by atomic mass is 16.5. The molecular weight excluding hydrogens is 274 g/mol. The molecule has 0 amide bonds. The summed E-state index contributed by atoms with van der Waals surface area (Å²) in [5.74, 6) is 1.86. The highest BCUT2D eigenvalue weighted by Gasteiger charge is 2.40. The Hall–Kier alpha value is -1.94. The van der Waals surface area contributed by atoms with E-state index in [1.54, 1.807) is 7.11 Å². The van der Waals surface area contributed by atoms with Gasteiger partial charge in [0, 0.05) is 42.4 Å². The van der Waals surface area contributed by atoms with Gasteiger partial charge < -0.3 is 4.74 Å². The van der Waals surface area contributed by atoms with Gasteiger partial charge in [-0.15, -0.1) is 0 Å². The Balaban J connectivity index is 1.66. The van der Waals surface area contributed by atoms with Crippen molar-refractivity contribution in [2.45, 2.75) is 44.8 Å². The van der Waals surface area contributed by atoms with Crippen LogP contribution >= 0.6 is 0 Å². The molecule has 2 atom stereocenters. The summed E-state index contributed by atoms with van der Waals surface area (Å²) in [6, 6.07) is 9.38. The summed E-state index contributed by atoms with van der Waals surface area (Å²) in [4.78, 5) is 11.7. The molecule has 0 spiro atoms. The fourth-order valence-electron chi connectivity index (χ4n) is 3.95. The van der Waals surface area contributed by atoms with Crippen molar-refractivity contribution in [3.63, 3.8) is 0 Å². The lowest BCUT2D eigenvalue weighted by Gasteiger charge is -2.35. The van der Waals surface area contributed by atoms with Gasteiger partial charge in [0.2, 0.25) is 0 Å². The second-order valence-electron chi connectivity index (χ2n) is 6.25. The molecule has 22 heavy (non-hydrogen) atoms. The molecule has 0 radical (unpaired) electrons. The Labute approximate surface area is 131 Å². The van der Waals surface area contributed by atoms with Gasteiger partial charge >= 0.3 is 0 Å². The van der Waals surface area contributed by atoms with Gasteiger partial charge in [0.1, 0.15) is 11.6 Å². The lowest BCUT2D eigenvalue weighted by Crippen LogP contribution is -2.37. The first-order valence-electron chi connectivity index (χ1n) is 7.96. The van der Waals surface area contributed by atoms with E-state index >= 15 is 0 Å². The van der Waals surface area contributed by atoms with E-state index in [4.69, 9.17) is 4.74 Å². The van der Waals surface area contributed by atoms with Gasteiger partial charge in [-0.05, 0) is 25.8 Å². The number of nitrogens with zero attached hydrogens (tertiary/aromatic N) is 3. The van der Waals surface area contributed by atoms with Crippen LogP contribution in [-0.4, -0.2) is 28.0 Å². The van der Waals surface area contributed by atoms with Crippen LogP contribution in [0.25, 0.3) is 0 Å². The number of methoxy groups -OCH3 is 1. The summed E-state index contributed by atoms with van der Waals surface area (Å²) in [5.41, 5.74) is 3.85. The second kappa shape index (κ2) is 5.36. The number of hydrogen-bond donors (Lipinski definition) is 0. The molecule has 2 bridgehead atoms. The van der Waals surface area contributed by atoms with E-state index in [0.29, 0.717) is 12.1 Å². The van der Waals surface area contributed by atoms with Gasteiger partial charge in [0.15, 0.2) is 0 Å². The highest BCUT2D eigenvalue weighted by molar-refractivity contribution is 5.35. The SMILES string of the molecule is COc1ccccc1CN1[C@H]2CC[C@H]1c1cnc(C)nc1C2. The minimum Gasteiger partial charge on any atom is -0.496 e. The standard InChI is InChI=1S/C18H21N3O/c1-12-19-10-15-16(20-12)9-14-7-8-17(15)21(14)11-13-5-3-4-6-18(13)22-2/h3-6,10,14,17H,7-9,11H2,1-2H3/t14-,17-/m0/s1. The zero-order chi connectivity index (χ0) is 15.1. The summed E-state index contributed by atoms with van der Waals surface area (Å²) in [7, 11) is 1.75. The van der Waals surface area contributed by atoms with Gasteiger partial charge in [0.05, 0.1) is 12.8 Å². The average molecular weight is 295 g/mol. The summed E-state index contributed by atoms with van der Waals surface area (Å²) < 4.78 is 5.51. The molecule has 0 saturated carbocycles. The van der Waals surface area contributed by atoms with Crippen LogP contribution in [0.4, 0.5) is 0 Å². The average Bonchev–Trinajstić information content (AvgIpc) is 2.81. The van der Waals surface area contributed by atoms with Gasteiger partial charge in [-0.3, -0.25) is 4.90 Å². The molecule has 0 N–H and O–H groups in total. The Morgan fingerprint density at radius 3 is 3.00 bits per heavy atom. The van der Waals surface area contributed by atoms with Gasteiger partial charge in [-0.2, -0.15) is 0 Å². The number of benzene rings is 1. The molecule has 0 aliphatic carbocycles. The highest BCUT2D eigenvalue weighted by Crippen LogP contribution is 2.44. The van der Waals surface area contributed by atoms with E-state index in [2.05, 4.69) is 27.0 Å². The van der Waals surface area contributed by atoms with Crippen LogP contribution < -0.4 is 4.74 Å². The van der Waals surface area contributed by atoms with Crippen molar-refractivity contribution >= 4 is 0 Å². The molecule has 4 rings (SSSR count). The molecule has 2 aliphatic rings. The molecule has 1 saturated heterocycles. The van der Waals surface area contributed by atoms with Gasteiger partial charge in [-0.25, -0.2) is 9.97 Å². The largest absolute Gasteiger partial charge is 0.496 e. The Kier molecular flexibility index (Phi) is 3.34. The van der Waals surface area contributed by atoms with E-state index < -0.39 is 0 Å². The molecule has 0 unspecified atom stereocenters. The van der Waals surface area contributed by atoms with Crippen molar-refractivity contribution in [1.82, 2.24) is 14.9 Å². The lowest BCUT2D eigenvalue weighted by atomic mass is 9.98. The number of aryl methyl sites for hydroxylation is 1. The van der Waals surface area contributed by atoms with E-state index in [1.165, 1.54) is 29.7 Å². The third-order valence-corrected chi connectivity index (χ3v) is 5.00. The number of fused-ring (bicyclic) bond motifs is 4. The minimum absolute atomic E-state index is 0.458. The Morgan fingerprint density at radius 2 is 2.14 bits per heavy atom. The normalized spacial score (nSPS) is 23.4. The molecule has 3 heterocycles. The molecule has 4 nitrogen and oxygen atoms in total. The molecule has 1 aromatic carbocycles. The van der Waals surface area contributed by atoms with Crippen molar-refractivity contribution in [2.75, 3.05) is 7.11 Å². The lowest BCUT2D eigenvalue weighted by molar-refractivity contribution is 0.164. The quantitative estimate of drug-likeness (QED) is 0.872. The number of ether oxygens (including phenoxy) is 1. The van der Waals surface area contributed by atoms with Gasteiger partial charge in [0.25, 0.3) is 0 Å². The molecule has 4 heteroatoms. The van der Waals surface area contributed by atoms with Crippen LogP contribution in [-0.2, 0) is 13.0 Å². The van der Waals surface area contributed by atoms with E-state index in [1.807, 2.05) is 25.3 Å². The number of hydrogen-bond acceptors (Lipinski definition) is 4. The van der Waals surface area contributed by atoms with Crippen LogP contribution in [0.1, 0.15) is 41.5 Å². The van der Waals surface area contributed by atoms with Crippen LogP contribution in [0.3, 0.4) is 0 Å². The van der Waals surface area contributed by atoms with E-state index in [0.717, 1.165) is 24.5 Å². The molecular formula is C18H21N3O. The fraction of sp³-hybridized carbons (Fsp3) is 0.444. The van der Waals surface area contributed by atoms with E-state index in [-0.39, 0.29) is 0 Å². The first-order valence-corrected chi connectivity index (χ1v) is 7.96. The summed E-state index contributed by atoms with van der Waals surface area (Å²) >= 11 is 0. The van der Waals surface area contributed by atoms with Crippen LogP contribution in [0.15, 0.2) is 30.5 Å².